The summed E-state index contributed by atoms with van der Waals surface area (Å²) in [6.07, 6.45) is 6.50. The molecule has 6 bridgehead atoms. The summed E-state index contributed by atoms with van der Waals surface area (Å²) in [5.74, 6) is -3.65. The number of hydrogen-bond donors (Lipinski definition) is 3. The van der Waals surface area contributed by atoms with Gasteiger partial charge in [-0.25, -0.2) is 4.79 Å². The number of esters is 3. The molecule has 0 amide bonds. The van der Waals surface area contributed by atoms with E-state index in [1.807, 2.05) is 0 Å². The van der Waals surface area contributed by atoms with Crippen LogP contribution in [-0.4, -0.2) is 96.9 Å². The van der Waals surface area contributed by atoms with Gasteiger partial charge in [0, 0.05) is 5.92 Å². The molecule has 7 aliphatic rings. The molecule has 0 aromatic heterocycles. The molecule has 12 atom stereocenters. The Kier molecular flexibility index (Phi) is 11.5. The SMILES string of the molecule is CC1CC2CC(C(=O)OCC3(COC(=O)[C@@]45CC(C)CC(CC(O)C4)C5)COC(C4CC5CCCC(C5)C4OC(=O)C(F)(F)S(=O)(=O)O)OC3)CC(O)(C1)C2. The lowest BCUT2D eigenvalue weighted by Crippen LogP contribution is -2.56. The molecular formula is C39H58F2O13S. The van der Waals surface area contributed by atoms with Crippen molar-refractivity contribution in [2.24, 2.45) is 58.2 Å². The van der Waals surface area contributed by atoms with Gasteiger partial charge in [0.25, 0.3) is 0 Å². The highest BCUT2D eigenvalue weighted by Crippen LogP contribution is 2.53. The smallest absolute Gasteiger partial charge is 0.465 e. The minimum Gasteiger partial charge on any atom is -0.465 e. The summed E-state index contributed by atoms with van der Waals surface area (Å²) in [5.41, 5.74) is -2.94. The summed E-state index contributed by atoms with van der Waals surface area (Å²) >= 11 is 0. The molecule has 1 aliphatic heterocycles. The summed E-state index contributed by atoms with van der Waals surface area (Å²) in [7, 11) is -6.08. The topological polar surface area (TPSA) is 192 Å². The molecule has 7 rings (SSSR count). The molecule has 13 nitrogen and oxygen atoms in total. The van der Waals surface area contributed by atoms with Crippen molar-refractivity contribution >= 4 is 28.0 Å². The van der Waals surface area contributed by atoms with Crippen molar-refractivity contribution < 1.29 is 70.0 Å². The van der Waals surface area contributed by atoms with E-state index in [9.17, 15) is 41.8 Å². The van der Waals surface area contributed by atoms with Gasteiger partial charge in [-0.15, -0.1) is 0 Å². The van der Waals surface area contributed by atoms with Gasteiger partial charge in [0.15, 0.2) is 6.29 Å². The first-order valence-electron chi connectivity index (χ1n) is 20.3. The van der Waals surface area contributed by atoms with E-state index in [1.165, 1.54) is 0 Å². The summed E-state index contributed by atoms with van der Waals surface area (Å²) in [6, 6.07) is 0. The average molecular weight is 805 g/mol. The lowest BCUT2D eigenvalue weighted by Gasteiger charge is -2.50. The predicted octanol–water partition coefficient (Wildman–Crippen LogP) is 4.81. The first kappa shape index (κ1) is 41.2. The normalized spacial score (nSPS) is 44.5. The van der Waals surface area contributed by atoms with Crippen LogP contribution in [0.3, 0.4) is 0 Å². The molecule has 55 heavy (non-hydrogen) atoms. The van der Waals surface area contributed by atoms with E-state index in [0.29, 0.717) is 76.5 Å². The molecule has 6 aliphatic carbocycles. The van der Waals surface area contributed by atoms with E-state index in [2.05, 4.69) is 13.8 Å². The summed E-state index contributed by atoms with van der Waals surface area (Å²) < 4.78 is 90.4. The van der Waals surface area contributed by atoms with Gasteiger partial charge in [0.05, 0.1) is 41.7 Å². The summed E-state index contributed by atoms with van der Waals surface area (Å²) in [6.45, 7) is 3.49. The zero-order chi connectivity index (χ0) is 39.6. The maximum Gasteiger partial charge on any atom is 0.465 e. The molecule has 0 aromatic carbocycles. The van der Waals surface area contributed by atoms with Crippen molar-refractivity contribution in [3.05, 3.63) is 0 Å². The zero-order valence-corrected chi connectivity index (χ0v) is 32.7. The molecule has 6 saturated carbocycles. The van der Waals surface area contributed by atoms with E-state index in [0.717, 1.165) is 25.7 Å². The van der Waals surface area contributed by atoms with Crippen LogP contribution in [0.1, 0.15) is 110 Å². The Hall–Kier alpha value is -1.98. The van der Waals surface area contributed by atoms with Crippen molar-refractivity contribution in [1.29, 1.82) is 0 Å². The van der Waals surface area contributed by atoms with Gasteiger partial charge in [-0.3, -0.25) is 14.1 Å². The number of aliphatic hydroxyl groups excluding tert-OH is 1. The van der Waals surface area contributed by atoms with Crippen LogP contribution in [0, 0.1) is 58.2 Å². The Morgan fingerprint density at radius 2 is 1.49 bits per heavy atom. The van der Waals surface area contributed by atoms with Crippen molar-refractivity contribution in [3.63, 3.8) is 0 Å². The maximum atomic E-state index is 14.4. The van der Waals surface area contributed by atoms with Gasteiger partial charge in [0.1, 0.15) is 19.3 Å². The minimum absolute atomic E-state index is 0.130. The van der Waals surface area contributed by atoms with E-state index in [4.69, 9.17) is 28.2 Å². The Bertz CT molecular complexity index is 1540. The third kappa shape index (κ3) is 8.60. The van der Waals surface area contributed by atoms with E-state index < -0.39 is 80.0 Å². The number of fused-ring (bicyclic) bond motifs is 6. The number of alkyl halides is 2. The monoisotopic (exact) mass is 804 g/mol. The minimum atomic E-state index is -6.08. The molecule has 0 spiro atoms. The lowest BCUT2D eigenvalue weighted by atomic mass is 9.58. The molecule has 0 aromatic rings. The molecule has 7 fully saturated rings. The highest BCUT2D eigenvalue weighted by Gasteiger charge is 2.58. The number of carbonyl (C=O) groups excluding carboxylic acids is 3. The van der Waals surface area contributed by atoms with Crippen LogP contribution in [0.5, 0.6) is 0 Å². The van der Waals surface area contributed by atoms with Crippen molar-refractivity contribution in [2.75, 3.05) is 26.4 Å². The van der Waals surface area contributed by atoms with Crippen LogP contribution in [0.15, 0.2) is 0 Å². The van der Waals surface area contributed by atoms with Gasteiger partial charge in [-0.2, -0.15) is 17.2 Å². The van der Waals surface area contributed by atoms with Gasteiger partial charge in [-0.1, -0.05) is 26.7 Å². The van der Waals surface area contributed by atoms with E-state index >= 15 is 0 Å². The molecule has 1 heterocycles. The second-order valence-corrected chi connectivity index (χ2v) is 20.7. The third-order valence-electron chi connectivity index (χ3n) is 14.1. The van der Waals surface area contributed by atoms with Gasteiger partial charge < -0.3 is 33.9 Å². The van der Waals surface area contributed by atoms with Crippen LogP contribution in [0.2, 0.25) is 0 Å². The zero-order valence-electron chi connectivity index (χ0n) is 31.9. The van der Waals surface area contributed by atoms with Crippen LogP contribution in [-0.2, 0) is 48.2 Å². The second-order valence-electron chi connectivity index (χ2n) is 19.2. The fourth-order valence-corrected chi connectivity index (χ4v) is 12.5. The number of carbonyl (C=O) groups is 3. The average Bonchev–Trinajstić information content (AvgIpc) is 3.09. The van der Waals surface area contributed by atoms with Gasteiger partial charge >= 0.3 is 33.3 Å². The Labute approximate surface area is 321 Å². The fraction of sp³-hybridized carbons (Fsp3) is 0.923. The fourth-order valence-electron chi connectivity index (χ4n) is 12.3. The van der Waals surface area contributed by atoms with Gasteiger partial charge in [0.2, 0.25) is 0 Å². The van der Waals surface area contributed by atoms with Crippen LogP contribution in [0.4, 0.5) is 8.78 Å². The molecule has 16 heteroatoms. The molecule has 11 unspecified atom stereocenters. The van der Waals surface area contributed by atoms with E-state index in [-0.39, 0.29) is 56.0 Å². The van der Waals surface area contributed by atoms with Crippen LogP contribution in [0.25, 0.3) is 0 Å². The number of hydrogen-bond acceptors (Lipinski definition) is 12. The summed E-state index contributed by atoms with van der Waals surface area (Å²) in [5, 5.41) is 16.8. The second kappa shape index (κ2) is 15.3. The Morgan fingerprint density at radius 1 is 0.818 bits per heavy atom. The highest BCUT2D eigenvalue weighted by atomic mass is 32.2. The molecule has 1 saturated heterocycles. The Balaban J connectivity index is 1.07. The number of halogens is 2. The standard InChI is InChI=1S/C39H58F2O13S/c1-22-6-26-10-29(42)17-37(12-22,14-26)34(44)53-21-36(18-50-32(43)28-9-25-7-23(2)13-38(46,15-25)16-28)19-51-33(52-20-36)30-11-24-4-3-5-27(8-24)31(30)54-35(45)39(40,41)55(47,48)49/h22-31,33,42,46H,3-21H2,1-2H3,(H,47,48,49)/t22?,23?,24?,25?,26?,27?,28?,29?,30?,31?,33?,36?,37-,38?/m1/s1. The molecule has 312 valence electrons. The molecular weight excluding hydrogens is 746 g/mol. The first-order chi connectivity index (χ1) is 25.8. The summed E-state index contributed by atoms with van der Waals surface area (Å²) in [4.78, 5) is 40.1. The highest BCUT2D eigenvalue weighted by molar-refractivity contribution is 7.87. The molecule has 3 N–H and O–H groups in total. The first-order valence-corrected chi connectivity index (χ1v) is 21.8. The van der Waals surface area contributed by atoms with Crippen molar-refractivity contribution in [3.8, 4) is 0 Å². The van der Waals surface area contributed by atoms with Crippen LogP contribution >= 0.6 is 0 Å². The number of rotatable bonds is 10. The number of ether oxygens (including phenoxy) is 5. The third-order valence-corrected chi connectivity index (χ3v) is 15.0. The lowest BCUT2D eigenvalue weighted by molar-refractivity contribution is -0.286. The largest absolute Gasteiger partial charge is 0.465 e. The van der Waals surface area contributed by atoms with Crippen molar-refractivity contribution in [1.82, 2.24) is 0 Å². The quantitative estimate of drug-likeness (QED) is 0.155. The number of aliphatic hydroxyl groups is 2. The van der Waals surface area contributed by atoms with Gasteiger partial charge in [-0.05, 0) is 119 Å². The Morgan fingerprint density at radius 3 is 2.18 bits per heavy atom. The molecule has 0 radical (unpaired) electrons. The van der Waals surface area contributed by atoms with E-state index in [1.54, 1.807) is 0 Å². The maximum absolute atomic E-state index is 14.4. The predicted molar refractivity (Wildman–Crippen MR) is 188 cm³/mol. The van der Waals surface area contributed by atoms with Crippen molar-refractivity contribution in [2.45, 2.75) is 140 Å². The van der Waals surface area contributed by atoms with Crippen LogP contribution < -0.4 is 0 Å².